The Bertz CT molecular complexity index is 53.3. The zero-order chi connectivity index (χ0) is 4.28. The van der Waals surface area contributed by atoms with Crippen LogP contribution in [0.15, 0.2) is 0 Å². The molecule has 0 fully saturated rings. The Morgan fingerprint density at radius 3 is 2.00 bits per heavy atom. The molecule has 0 aromatic carbocycles. The van der Waals surface area contributed by atoms with Gasteiger partial charge in [0.1, 0.15) is 0 Å². The predicted octanol–water partition coefficient (Wildman–Crippen LogP) is -2.77. The SMILES string of the molecule is O=C(O)CS.S.[H-].[Na+]. The Morgan fingerprint density at radius 1 is 1.86 bits per heavy atom. The van der Waals surface area contributed by atoms with Crippen LogP contribution < -0.4 is 29.6 Å². The van der Waals surface area contributed by atoms with Crippen molar-refractivity contribution in [2.75, 3.05) is 5.75 Å². The molecule has 0 saturated heterocycles. The Hall–Kier alpha value is 1.17. The molecule has 0 aliphatic carbocycles. The number of carbonyl (C=O) groups is 1. The summed E-state index contributed by atoms with van der Waals surface area (Å²) in [6.07, 6.45) is 0. The summed E-state index contributed by atoms with van der Waals surface area (Å²) in [6, 6.07) is 0. The fourth-order valence-corrected chi connectivity index (χ4v) is 0. The Kier molecular flexibility index (Phi) is 22.9. The molecular formula is C2H7NaO2S2. The molecule has 0 aliphatic heterocycles. The smallest absolute Gasteiger partial charge is 1.00 e. The van der Waals surface area contributed by atoms with E-state index in [1.807, 2.05) is 0 Å². The van der Waals surface area contributed by atoms with Gasteiger partial charge in [-0.15, -0.1) is 0 Å². The van der Waals surface area contributed by atoms with Crippen LogP contribution in [0.25, 0.3) is 0 Å². The van der Waals surface area contributed by atoms with E-state index in [-0.39, 0.29) is 50.2 Å². The van der Waals surface area contributed by atoms with Crippen LogP contribution in [0.2, 0.25) is 0 Å². The second-order valence-corrected chi connectivity index (χ2v) is 0.868. The summed E-state index contributed by atoms with van der Waals surface area (Å²) < 4.78 is 0. The van der Waals surface area contributed by atoms with E-state index in [1.165, 1.54) is 0 Å². The summed E-state index contributed by atoms with van der Waals surface area (Å²) in [6.45, 7) is 0. The van der Waals surface area contributed by atoms with Crippen molar-refractivity contribution in [3.05, 3.63) is 0 Å². The first-order valence-corrected chi connectivity index (χ1v) is 1.73. The molecule has 5 heteroatoms. The molecule has 0 rings (SSSR count). The second kappa shape index (κ2) is 10.2. The van der Waals surface area contributed by atoms with E-state index in [9.17, 15) is 4.79 Å². The van der Waals surface area contributed by atoms with E-state index in [0.29, 0.717) is 0 Å². The molecule has 0 saturated carbocycles. The summed E-state index contributed by atoms with van der Waals surface area (Å²) in [5, 5.41) is 7.65. The standard InChI is InChI=1S/C2H4O2S.Na.H2S.H/c3-2(4)1-5;;;/h5H,1H2,(H,3,4);;1H2;/q;+1;;-1. The minimum Gasteiger partial charge on any atom is -1.00 e. The van der Waals surface area contributed by atoms with Crippen LogP contribution >= 0.6 is 26.1 Å². The van der Waals surface area contributed by atoms with E-state index in [0.717, 1.165) is 0 Å². The first-order valence-electron chi connectivity index (χ1n) is 1.10. The number of carboxylic acids is 1. The summed E-state index contributed by atoms with van der Waals surface area (Å²) in [5.74, 6) is -0.965. The molecule has 0 aromatic heterocycles. The normalized spacial score (nSPS) is 5.29. The zero-order valence-electron chi connectivity index (χ0n) is 5.01. The Labute approximate surface area is 78.3 Å². The molecular weight excluding hydrogens is 143 g/mol. The quantitative estimate of drug-likeness (QED) is 0.314. The van der Waals surface area contributed by atoms with Crippen LogP contribution in [-0.4, -0.2) is 16.8 Å². The third-order valence-corrected chi connectivity index (χ3v) is 0.406. The van der Waals surface area contributed by atoms with Gasteiger partial charge in [-0.2, -0.15) is 26.1 Å². The molecule has 0 aliphatic rings. The van der Waals surface area contributed by atoms with Gasteiger partial charge in [-0.1, -0.05) is 0 Å². The van der Waals surface area contributed by atoms with Gasteiger partial charge in [0.2, 0.25) is 0 Å². The summed E-state index contributed by atoms with van der Waals surface area (Å²) in [4.78, 5) is 9.29. The van der Waals surface area contributed by atoms with E-state index in [2.05, 4.69) is 12.6 Å². The monoisotopic (exact) mass is 150 g/mol. The van der Waals surface area contributed by atoms with Gasteiger partial charge in [-0.05, 0) is 0 Å². The van der Waals surface area contributed by atoms with Crippen molar-refractivity contribution in [3.63, 3.8) is 0 Å². The molecule has 2 nitrogen and oxygen atoms in total. The molecule has 0 spiro atoms. The fraction of sp³-hybridized carbons (Fsp3) is 0.500. The molecule has 7 heavy (non-hydrogen) atoms. The second-order valence-electron chi connectivity index (χ2n) is 0.552. The largest absolute Gasteiger partial charge is 1.00 e. The van der Waals surface area contributed by atoms with E-state index >= 15 is 0 Å². The molecule has 0 unspecified atom stereocenters. The van der Waals surface area contributed by atoms with Crippen LogP contribution in [0.1, 0.15) is 1.43 Å². The van der Waals surface area contributed by atoms with Gasteiger partial charge >= 0.3 is 35.5 Å². The molecule has 0 amide bonds. The van der Waals surface area contributed by atoms with E-state index in [4.69, 9.17) is 5.11 Å². The van der Waals surface area contributed by atoms with Gasteiger partial charge in [-0.3, -0.25) is 4.79 Å². The topological polar surface area (TPSA) is 37.3 Å². The number of aliphatic carboxylic acids is 1. The van der Waals surface area contributed by atoms with Gasteiger partial charge in [0.25, 0.3) is 0 Å². The minimum atomic E-state index is -0.881. The molecule has 0 radical (unpaired) electrons. The first-order chi connectivity index (χ1) is 2.27. The van der Waals surface area contributed by atoms with Crippen LogP contribution in [-0.2, 0) is 4.79 Å². The Morgan fingerprint density at radius 2 is 2.00 bits per heavy atom. The first kappa shape index (κ1) is 15.7. The van der Waals surface area contributed by atoms with Crippen LogP contribution in [0.5, 0.6) is 0 Å². The number of hydrogen-bond donors (Lipinski definition) is 2. The number of thiol groups is 1. The summed E-state index contributed by atoms with van der Waals surface area (Å²) >= 11 is 3.42. The third-order valence-electron chi connectivity index (χ3n) is 0.135. The molecule has 0 bridgehead atoms. The van der Waals surface area contributed by atoms with E-state index < -0.39 is 5.97 Å². The number of rotatable bonds is 1. The van der Waals surface area contributed by atoms with Crippen molar-refractivity contribution in [2.24, 2.45) is 0 Å². The summed E-state index contributed by atoms with van der Waals surface area (Å²) in [5.41, 5.74) is 0. The van der Waals surface area contributed by atoms with Crippen LogP contribution in [0.4, 0.5) is 0 Å². The van der Waals surface area contributed by atoms with Crippen LogP contribution in [0.3, 0.4) is 0 Å². The fourth-order valence-electron chi connectivity index (χ4n) is 0. The number of carboxylic acid groups (broad SMARTS) is 1. The number of hydrogen-bond acceptors (Lipinski definition) is 2. The average Bonchev–Trinajstić information content (AvgIpc) is 1.38. The van der Waals surface area contributed by atoms with Crippen LogP contribution in [0, 0.1) is 0 Å². The maximum absolute atomic E-state index is 9.29. The van der Waals surface area contributed by atoms with Crippen molar-refractivity contribution < 1.29 is 40.9 Å². The van der Waals surface area contributed by atoms with Gasteiger partial charge in [0.05, 0.1) is 5.75 Å². The van der Waals surface area contributed by atoms with Crippen molar-refractivity contribution in [1.29, 1.82) is 0 Å². The van der Waals surface area contributed by atoms with Crippen molar-refractivity contribution in [1.82, 2.24) is 0 Å². The van der Waals surface area contributed by atoms with Crippen molar-refractivity contribution in [2.45, 2.75) is 0 Å². The predicted molar refractivity (Wildman–Crippen MR) is 33.0 cm³/mol. The molecule has 0 aromatic rings. The van der Waals surface area contributed by atoms with Gasteiger partial charge < -0.3 is 6.53 Å². The zero-order valence-corrected chi connectivity index (χ0v) is 7.90. The molecule has 0 heterocycles. The van der Waals surface area contributed by atoms with Gasteiger partial charge in [-0.25, -0.2) is 0 Å². The minimum absolute atomic E-state index is 0. The molecule has 0 atom stereocenters. The van der Waals surface area contributed by atoms with Crippen molar-refractivity contribution in [3.8, 4) is 0 Å². The maximum atomic E-state index is 9.29. The van der Waals surface area contributed by atoms with Gasteiger partial charge in [0.15, 0.2) is 0 Å². The average molecular weight is 150 g/mol. The molecule has 40 valence electrons. The summed E-state index contributed by atoms with van der Waals surface area (Å²) in [7, 11) is 0. The van der Waals surface area contributed by atoms with Crippen molar-refractivity contribution >= 4 is 32.1 Å². The maximum Gasteiger partial charge on any atom is 1.00 e. The van der Waals surface area contributed by atoms with E-state index in [1.54, 1.807) is 0 Å². The third kappa shape index (κ3) is 19.1. The Balaban J connectivity index is -0.0000000267. The van der Waals surface area contributed by atoms with Gasteiger partial charge in [0, 0.05) is 0 Å². The molecule has 1 N–H and O–H groups in total.